The lowest BCUT2D eigenvalue weighted by Gasteiger charge is -2.13. The summed E-state index contributed by atoms with van der Waals surface area (Å²) in [5.41, 5.74) is 2.08. The first-order chi connectivity index (χ1) is 14.5. The molecule has 30 heavy (non-hydrogen) atoms. The average molecular weight is 416 g/mol. The van der Waals surface area contributed by atoms with Crippen LogP contribution in [0.2, 0.25) is 0 Å². The van der Waals surface area contributed by atoms with E-state index in [0.717, 1.165) is 0 Å². The van der Waals surface area contributed by atoms with Crippen molar-refractivity contribution in [2.45, 2.75) is 27.1 Å². The van der Waals surface area contributed by atoms with Gasteiger partial charge in [-0.25, -0.2) is 14.4 Å². The van der Waals surface area contributed by atoms with Crippen LogP contribution >= 0.6 is 0 Å². The number of amides is 2. The van der Waals surface area contributed by atoms with Crippen LogP contribution in [-0.4, -0.2) is 31.6 Å². The number of hydrogen-bond acceptors (Lipinski definition) is 7. The maximum Gasteiger partial charge on any atom is 0.508 e. The predicted octanol–water partition coefficient (Wildman–Crippen LogP) is 4.68. The lowest BCUT2D eigenvalue weighted by atomic mass is 10.2. The summed E-state index contributed by atoms with van der Waals surface area (Å²) in [6.45, 7) is 3.66. The van der Waals surface area contributed by atoms with E-state index in [1.165, 1.54) is 0 Å². The molecular formula is C21H24N2O7. The van der Waals surface area contributed by atoms with Crippen molar-refractivity contribution in [3.8, 4) is 0 Å². The topological polar surface area (TPSA) is 112 Å². The fraction of sp³-hybridized carbons (Fsp3) is 0.286. The smallest absolute Gasteiger partial charge is 0.450 e. The fourth-order valence-electron chi connectivity index (χ4n) is 2.41. The minimum Gasteiger partial charge on any atom is -0.450 e. The molecule has 9 nitrogen and oxygen atoms in total. The van der Waals surface area contributed by atoms with Crippen molar-refractivity contribution >= 4 is 29.7 Å². The van der Waals surface area contributed by atoms with Gasteiger partial charge in [0.15, 0.2) is 0 Å². The summed E-state index contributed by atoms with van der Waals surface area (Å²) in [5, 5.41) is 5.17. The summed E-state index contributed by atoms with van der Waals surface area (Å²) >= 11 is 0. The monoisotopic (exact) mass is 416 g/mol. The third-order valence-electron chi connectivity index (χ3n) is 3.75. The molecule has 2 rings (SSSR count). The van der Waals surface area contributed by atoms with E-state index in [-0.39, 0.29) is 26.4 Å². The molecule has 0 aliphatic rings. The molecule has 0 bridgehead atoms. The second-order valence-electron chi connectivity index (χ2n) is 5.83. The minimum atomic E-state index is -0.896. The first-order valence-electron chi connectivity index (χ1n) is 9.36. The van der Waals surface area contributed by atoms with E-state index in [4.69, 9.17) is 18.9 Å². The van der Waals surface area contributed by atoms with Crippen LogP contribution in [-0.2, 0) is 32.2 Å². The standard InChI is InChI=1S/C21H24N2O7/c1-3-27-19(24)22-17-11-7-5-9-15(17)13-29-21(26)30-14-16-10-6-8-12-18(16)23-20(25)28-4-2/h5-12H,3-4,13-14H2,1-2H3,(H,22,24)(H,23,25). The van der Waals surface area contributed by atoms with Crippen LogP contribution in [0.5, 0.6) is 0 Å². The summed E-state index contributed by atoms with van der Waals surface area (Å²) < 4.78 is 19.9. The molecule has 160 valence electrons. The number of nitrogens with one attached hydrogen (secondary N) is 2. The molecule has 0 saturated heterocycles. The van der Waals surface area contributed by atoms with Crippen LogP contribution in [0.1, 0.15) is 25.0 Å². The second-order valence-corrected chi connectivity index (χ2v) is 5.83. The van der Waals surface area contributed by atoms with Crippen molar-refractivity contribution in [1.29, 1.82) is 0 Å². The van der Waals surface area contributed by atoms with Gasteiger partial charge in [0.05, 0.1) is 24.6 Å². The van der Waals surface area contributed by atoms with Gasteiger partial charge in [-0.1, -0.05) is 36.4 Å². The van der Waals surface area contributed by atoms with Crippen molar-refractivity contribution in [3.05, 3.63) is 59.7 Å². The van der Waals surface area contributed by atoms with Crippen LogP contribution in [0.25, 0.3) is 0 Å². The Morgan fingerprint density at radius 1 is 0.667 bits per heavy atom. The molecule has 0 aliphatic carbocycles. The number of hydrogen-bond donors (Lipinski definition) is 2. The van der Waals surface area contributed by atoms with Crippen molar-refractivity contribution in [2.75, 3.05) is 23.8 Å². The molecule has 0 saturated carbocycles. The lowest BCUT2D eigenvalue weighted by molar-refractivity contribution is 0.0449. The Morgan fingerprint density at radius 3 is 1.47 bits per heavy atom. The van der Waals surface area contributed by atoms with E-state index in [9.17, 15) is 14.4 Å². The van der Waals surface area contributed by atoms with Gasteiger partial charge >= 0.3 is 18.3 Å². The third-order valence-corrected chi connectivity index (χ3v) is 3.75. The Bertz CT molecular complexity index is 800. The first-order valence-corrected chi connectivity index (χ1v) is 9.36. The van der Waals surface area contributed by atoms with Crippen molar-refractivity contribution < 1.29 is 33.3 Å². The summed E-state index contributed by atoms with van der Waals surface area (Å²) in [6.07, 6.45) is -2.09. The van der Waals surface area contributed by atoms with Gasteiger partial charge in [-0.05, 0) is 26.0 Å². The number of carbonyl (C=O) groups is 3. The van der Waals surface area contributed by atoms with E-state index in [1.807, 2.05) is 0 Å². The number of rotatable bonds is 8. The SMILES string of the molecule is CCOC(=O)Nc1ccccc1COC(=O)OCc1ccccc1NC(=O)OCC. The van der Waals surface area contributed by atoms with Crippen LogP contribution in [0.3, 0.4) is 0 Å². The molecular weight excluding hydrogens is 392 g/mol. The highest BCUT2D eigenvalue weighted by Crippen LogP contribution is 2.19. The Kier molecular flexibility index (Phi) is 8.98. The molecule has 9 heteroatoms. The van der Waals surface area contributed by atoms with Gasteiger partial charge in [0.1, 0.15) is 13.2 Å². The van der Waals surface area contributed by atoms with E-state index in [1.54, 1.807) is 62.4 Å². The maximum atomic E-state index is 12.0. The van der Waals surface area contributed by atoms with Gasteiger partial charge in [-0.3, -0.25) is 10.6 Å². The van der Waals surface area contributed by atoms with Crippen LogP contribution in [0.4, 0.5) is 25.8 Å². The second kappa shape index (κ2) is 11.9. The highest BCUT2D eigenvalue weighted by atomic mass is 16.7. The molecule has 0 aromatic heterocycles. The molecule has 0 spiro atoms. The van der Waals surface area contributed by atoms with Crippen LogP contribution < -0.4 is 10.6 Å². The van der Waals surface area contributed by atoms with Crippen molar-refractivity contribution in [2.24, 2.45) is 0 Å². The Labute approximate surface area is 174 Å². The van der Waals surface area contributed by atoms with E-state index in [2.05, 4.69) is 10.6 Å². The summed E-state index contributed by atoms with van der Waals surface area (Å²) in [4.78, 5) is 35.2. The fourth-order valence-corrected chi connectivity index (χ4v) is 2.41. The number of carbonyl (C=O) groups excluding carboxylic acids is 3. The lowest BCUT2D eigenvalue weighted by Crippen LogP contribution is -2.16. The highest BCUT2D eigenvalue weighted by molar-refractivity contribution is 5.86. The van der Waals surface area contributed by atoms with Crippen LogP contribution in [0.15, 0.2) is 48.5 Å². The van der Waals surface area contributed by atoms with Crippen molar-refractivity contribution in [3.63, 3.8) is 0 Å². The van der Waals surface area contributed by atoms with E-state index in [0.29, 0.717) is 22.5 Å². The van der Waals surface area contributed by atoms with Gasteiger partial charge in [0, 0.05) is 11.1 Å². The highest BCUT2D eigenvalue weighted by Gasteiger charge is 2.12. The predicted molar refractivity (Wildman–Crippen MR) is 109 cm³/mol. The van der Waals surface area contributed by atoms with Gasteiger partial charge in [0.25, 0.3) is 0 Å². The zero-order valence-electron chi connectivity index (χ0n) is 16.8. The van der Waals surface area contributed by atoms with E-state index >= 15 is 0 Å². The number of para-hydroxylation sites is 2. The molecule has 0 unspecified atom stereocenters. The van der Waals surface area contributed by atoms with Crippen molar-refractivity contribution in [1.82, 2.24) is 0 Å². The summed E-state index contributed by atoms with van der Waals surface area (Å²) in [7, 11) is 0. The molecule has 0 fully saturated rings. The number of anilines is 2. The summed E-state index contributed by atoms with van der Waals surface area (Å²) in [6, 6.07) is 13.7. The minimum absolute atomic E-state index is 0.107. The van der Waals surface area contributed by atoms with Gasteiger partial charge in [-0.2, -0.15) is 0 Å². The number of ether oxygens (including phenoxy) is 4. The molecule has 2 N–H and O–H groups in total. The quantitative estimate of drug-likeness (QED) is 0.475. The average Bonchev–Trinajstić information content (AvgIpc) is 2.73. The van der Waals surface area contributed by atoms with E-state index < -0.39 is 18.3 Å². The van der Waals surface area contributed by atoms with Gasteiger partial charge in [0.2, 0.25) is 0 Å². The third kappa shape index (κ3) is 7.34. The summed E-state index contributed by atoms with van der Waals surface area (Å²) in [5.74, 6) is 0. The molecule has 0 aliphatic heterocycles. The van der Waals surface area contributed by atoms with Gasteiger partial charge < -0.3 is 18.9 Å². The molecule has 0 heterocycles. The normalized spacial score (nSPS) is 9.93. The number of benzene rings is 2. The van der Waals surface area contributed by atoms with Gasteiger partial charge in [-0.15, -0.1) is 0 Å². The Morgan fingerprint density at radius 2 is 1.07 bits per heavy atom. The zero-order valence-corrected chi connectivity index (χ0v) is 16.8. The molecule has 0 radical (unpaired) electrons. The Hall–Kier alpha value is -3.75. The molecule has 0 atom stereocenters. The van der Waals surface area contributed by atoms with Crippen LogP contribution in [0, 0.1) is 0 Å². The maximum absolute atomic E-state index is 12.0. The largest absolute Gasteiger partial charge is 0.508 e. The first kappa shape index (κ1) is 22.5. The zero-order chi connectivity index (χ0) is 21.8. The molecule has 2 aromatic rings. The molecule has 2 amide bonds. The molecule has 2 aromatic carbocycles. The Balaban J connectivity index is 1.90.